The molecule has 0 N–H and O–H groups in total. The normalized spacial score (nSPS) is 18.8. The smallest absolute Gasteiger partial charge is 0.365 e. The van der Waals surface area contributed by atoms with Gasteiger partial charge in [0.1, 0.15) is 6.29 Å². The van der Waals surface area contributed by atoms with Crippen LogP contribution in [0.25, 0.3) is 0 Å². The second-order valence-corrected chi connectivity index (χ2v) is 5.06. The Balaban J connectivity index is 2.50. The van der Waals surface area contributed by atoms with Gasteiger partial charge in [-0.25, -0.2) is 0 Å². The third-order valence-corrected chi connectivity index (χ3v) is 3.49. The number of aldehydes is 1. The van der Waals surface area contributed by atoms with Crippen LogP contribution < -0.4 is 4.90 Å². The molecule has 0 saturated heterocycles. The van der Waals surface area contributed by atoms with Crippen molar-refractivity contribution in [3.8, 4) is 0 Å². The minimum atomic E-state index is -4.34. The molecule has 1 atom stereocenters. The first kappa shape index (κ1) is 13.9. The van der Waals surface area contributed by atoms with E-state index >= 15 is 0 Å². The molecular formula is C14H16F3NO. The van der Waals surface area contributed by atoms with E-state index < -0.39 is 11.7 Å². The van der Waals surface area contributed by atoms with Crippen LogP contribution in [0.1, 0.15) is 31.4 Å². The SMILES string of the molecule is CC(C)N1c2cccc(C(F)(F)F)c2CC1CC=O. The van der Waals surface area contributed by atoms with Crippen LogP contribution in [0.4, 0.5) is 18.9 Å². The number of carbonyl (C=O) groups is 1. The van der Waals surface area contributed by atoms with E-state index in [0.717, 1.165) is 12.4 Å². The molecule has 1 heterocycles. The number of rotatable bonds is 3. The number of anilines is 1. The molecule has 2 rings (SSSR count). The molecule has 0 bridgehead atoms. The summed E-state index contributed by atoms with van der Waals surface area (Å²) >= 11 is 0. The highest BCUT2D eigenvalue weighted by molar-refractivity contribution is 5.65. The molecule has 0 saturated carbocycles. The van der Waals surface area contributed by atoms with Gasteiger partial charge in [0.05, 0.1) is 5.56 Å². The summed E-state index contributed by atoms with van der Waals surface area (Å²) in [6.45, 7) is 3.85. The Labute approximate surface area is 110 Å². The van der Waals surface area contributed by atoms with Crippen molar-refractivity contribution in [3.05, 3.63) is 29.3 Å². The predicted molar refractivity (Wildman–Crippen MR) is 67.2 cm³/mol. The van der Waals surface area contributed by atoms with Crippen LogP contribution in [0.3, 0.4) is 0 Å². The number of halogens is 3. The molecule has 1 aromatic rings. The molecule has 5 heteroatoms. The van der Waals surface area contributed by atoms with Crippen molar-refractivity contribution in [2.24, 2.45) is 0 Å². The van der Waals surface area contributed by atoms with Crippen molar-refractivity contribution in [1.29, 1.82) is 0 Å². The lowest BCUT2D eigenvalue weighted by Crippen LogP contribution is -2.37. The van der Waals surface area contributed by atoms with Crippen LogP contribution >= 0.6 is 0 Å². The number of benzene rings is 1. The maximum absolute atomic E-state index is 13.0. The van der Waals surface area contributed by atoms with E-state index in [4.69, 9.17) is 0 Å². The average Bonchev–Trinajstić information content (AvgIpc) is 2.65. The molecular weight excluding hydrogens is 255 g/mol. The zero-order valence-electron chi connectivity index (χ0n) is 10.9. The van der Waals surface area contributed by atoms with Crippen LogP contribution in [0.5, 0.6) is 0 Å². The van der Waals surface area contributed by atoms with Gasteiger partial charge in [0, 0.05) is 24.2 Å². The number of nitrogens with zero attached hydrogens (tertiary/aromatic N) is 1. The number of alkyl halides is 3. The standard InChI is InChI=1S/C14H16F3NO/c1-9(2)18-10(6-7-19)8-11-12(14(15,16)17)4-3-5-13(11)18/h3-5,7,9-10H,6,8H2,1-2H3. The van der Waals surface area contributed by atoms with E-state index in [1.165, 1.54) is 6.07 Å². The van der Waals surface area contributed by atoms with Gasteiger partial charge in [0.15, 0.2) is 0 Å². The first-order chi connectivity index (χ1) is 8.86. The monoisotopic (exact) mass is 271 g/mol. The Bertz CT molecular complexity index is 482. The highest BCUT2D eigenvalue weighted by Crippen LogP contribution is 2.42. The van der Waals surface area contributed by atoms with Gasteiger partial charge in [-0.3, -0.25) is 0 Å². The molecule has 2 nitrogen and oxygen atoms in total. The largest absolute Gasteiger partial charge is 0.416 e. The van der Waals surface area contributed by atoms with Crippen LogP contribution in [0, 0.1) is 0 Å². The van der Waals surface area contributed by atoms with Crippen LogP contribution in [0.15, 0.2) is 18.2 Å². The van der Waals surface area contributed by atoms with E-state index in [-0.39, 0.29) is 24.9 Å². The summed E-state index contributed by atoms with van der Waals surface area (Å²) in [5.41, 5.74) is 0.344. The summed E-state index contributed by atoms with van der Waals surface area (Å²) in [5, 5.41) is 0. The van der Waals surface area contributed by atoms with Gasteiger partial charge in [-0.15, -0.1) is 0 Å². The lowest BCUT2D eigenvalue weighted by Gasteiger charge is -2.30. The van der Waals surface area contributed by atoms with Gasteiger partial charge in [0.25, 0.3) is 0 Å². The number of fused-ring (bicyclic) bond motifs is 1. The van der Waals surface area contributed by atoms with E-state index in [1.54, 1.807) is 6.07 Å². The Kier molecular flexibility index (Phi) is 3.56. The Morgan fingerprint density at radius 2 is 2.11 bits per heavy atom. The third kappa shape index (κ3) is 2.46. The summed E-state index contributed by atoms with van der Waals surface area (Å²) in [7, 11) is 0. The molecule has 0 spiro atoms. The van der Waals surface area contributed by atoms with Gasteiger partial charge < -0.3 is 9.69 Å². The van der Waals surface area contributed by atoms with Crippen molar-refractivity contribution in [2.75, 3.05) is 4.90 Å². The quantitative estimate of drug-likeness (QED) is 0.785. The maximum atomic E-state index is 13.0. The first-order valence-electron chi connectivity index (χ1n) is 6.27. The molecule has 0 aromatic heterocycles. The zero-order valence-corrected chi connectivity index (χ0v) is 10.9. The van der Waals surface area contributed by atoms with E-state index in [1.807, 2.05) is 18.7 Å². The van der Waals surface area contributed by atoms with Crippen LogP contribution in [-0.4, -0.2) is 18.4 Å². The Morgan fingerprint density at radius 1 is 1.42 bits per heavy atom. The molecule has 1 aliphatic rings. The molecule has 1 aliphatic heterocycles. The fraction of sp³-hybridized carbons (Fsp3) is 0.500. The zero-order chi connectivity index (χ0) is 14.2. The van der Waals surface area contributed by atoms with Crippen molar-refractivity contribution in [3.63, 3.8) is 0 Å². The highest BCUT2D eigenvalue weighted by atomic mass is 19.4. The Hall–Kier alpha value is -1.52. The van der Waals surface area contributed by atoms with Crippen LogP contribution in [0.2, 0.25) is 0 Å². The fourth-order valence-corrected chi connectivity index (χ4v) is 2.84. The van der Waals surface area contributed by atoms with Crippen molar-refractivity contribution < 1.29 is 18.0 Å². The van der Waals surface area contributed by atoms with Gasteiger partial charge in [0.2, 0.25) is 0 Å². The summed E-state index contributed by atoms with van der Waals surface area (Å²) < 4.78 is 39.0. The third-order valence-electron chi connectivity index (χ3n) is 3.49. The lowest BCUT2D eigenvalue weighted by molar-refractivity contribution is -0.138. The average molecular weight is 271 g/mol. The van der Waals surface area contributed by atoms with E-state index in [9.17, 15) is 18.0 Å². The predicted octanol–water partition coefficient (Wildman–Crippen LogP) is 3.43. The summed E-state index contributed by atoms with van der Waals surface area (Å²) in [6, 6.07) is 4.14. The minimum Gasteiger partial charge on any atom is -0.365 e. The molecule has 19 heavy (non-hydrogen) atoms. The van der Waals surface area contributed by atoms with Crippen LogP contribution in [-0.2, 0) is 17.4 Å². The minimum absolute atomic E-state index is 0.0645. The first-order valence-corrected chi connectivity index (χ1v) is 6.27. The second kappa shape index (κ2) is 4.87. The van der Waals surface area contributed by atoms with Gasteiger partial charge in [-0.2, -0.15) is 13.2 Å². The summed E-state index contributed by atoms with van der Waals surface area (Å²) in [5.74, 6) is 0. The highest BCUT2D eigenvalue weighted by Gasteiger charge is 2.40. The number of hydrogen-bond donors (Lipinski definition) is 0. The van der Waals surface area contributed by atoms with Gasteiger partial charge in [-0.05, 0) is 38.0 Å². The molecule has 0 radical (unpaired) electrons. The number of carbonyl (C=O) groups excluding carboxylic acids is 1. The summed E-state index contributed by atoms with van der Waals surface area (Å²) in [6.07, 6.45) is -3.03. The van der Waals surface area contributed by atoms with Crippen molar-refractivity contribution in [2.45, 2.75) is 44.9 Å². The fourth-order valence-electron chi connectivity index (χ4n) is 2.84. The molecule has 104 valence electrons. The van der Waals surface area contributed by atoms with E-state index in [0.29, 0.717) is 11.3 Å². The molecule has 0 amide bonds. The molecule has 0 aliphatic carbocycles. The topological polar surface area (TPSA) is 20.3 Å². The number of hydrogen-bond acceptors (Lipinski definition) is 2. The van der Waals surface area contributed by atoms with Gasteiger partial charge >= 0.3 is 6.18 Å². The maximum Gasteiger partial charge on any atom is 0.416 e. The second-order valence-electron chi connectivity index (χ2n) is 5.06. The van der Waals surface area contributed by atoms with E-state index in [2.05, 4.69) is 0 Å². The summed E-state index contributed by atoms with van der Waals surface area (Å²) in [4.78, 5) is 12.6. The van der Waals surface area contributed by atoms with Crippen molar-refractivity contribution in [1.82, 2.24) is 0 Å². The molecule has 1 unspecified atom stereocenters. The molecule has 0 fully saturated rings. The van der Waals surface area contributed by atoms with Crippen molar-refractivity contribution >= 4 is 12.0 Å². The molecule has 1 aromatic carbocycles. The Morgan fingerprint density at radius 3 is 2.63 bits per heavy atom. The lowest BCUT2D eigenvalue weighted by atomic mass is 10.0. The van der Waals surface area contributed by atoms with Gasteiger partial charge in [-0.1, -0.05) is 6.07 Å².